The van der Waals surface area contributed by atoms with Crippen LogP contribution in [0.3, 0.4) is 0 Å². The van der Waals surface area contributed by atoms with Gasteiger partial charge in [-0.05, 0) is 82.6 Å². The Bertz CT molecular complexity index is 2950. The maximum atomic E-state index is 12.4. The lowest BCUT2D eigenvalue weighted by atomic mass is 10.1. The molecule has 288 valence electrons. The van der Waals surface area contributed by atoms with Crippen LogP contribution >= 0.6 is 0 Å². The number of aromatic hydroxyl groups is 2. The standard InChI is InChI=1S/C34H24N4O14S4/c39-29-13-5-21-15-25(53(41,42)43)9-11-27(21)33(29)37-35-23-7-3-19(31(17-23)55(47,48)49)1-2-20-4-8-24(18-32(20)56(50,51)52)36-38-34-28-12-10-26(54(44,45)46)16-22(28)6-14-30(34)40/h1-18,39-40H,(H,41,42,43)(H,44,45,46)(H,47,48,49)(H,50,51,52)/b2-1+,37-35?,38-36?. The predicted octanol–water partition coefficient (Wildman–Crippen LogP) is 7.39. The smallest absolute Gasteiger partial charge is 0.295 e. The first kappa shape index (κ1) is 39.7. The number of hydrogen-bond donors (Lipinski definition) is 6. The molecule has 6 rings (SSSR count). The third kappa shape index (κ3) is 8.61. The van der Waals surface area contributed by atoms with E-state index >= 15 is 0 Å². The highest BCUT2D eigenvalue weighted by Crippen LogP contribution is 2.39. The summed E-state index contributed by atoms with van der Waals surface area (Å²) in [4.78, 5) is -2.21. The summed E-state index contributed by atoms with van der Waals surface area (Å²) in [5.41, 5.74) is -0.858. The molecule has 0 fully saturated rings. The molecule has 0 amide bonds. The van der Waals surface area contributed by atoms with Gasteiger partial charge >= 0.3 is 0 Å². The van der Waals surface area contributed by atoms with Gasteiger partial charge in [-0.25, -0.2) is 0 Å². The molecule has 6 aromatic rings. The highest BCUT2D eigenvalue weighted by atomic mass is 32.2. The first-order valence-corrected chi connectivity index (χ1v) is 21.1. The van der Waals surface area contributed by atoms with Crippen molar-refractivity contribution in [3.8, 4) is 11.5 Å². The molecule has 22 heteroatoms. The largest absolute Gasteiger partial charge is 0.506 e. The van der Waals surface area contributed by atoms with E-state index in [1.165, 1.54) is 60.7 Å². The van der Waals surface area contributed by atoms with Gasteiger partial charge in [-0.3, -0.25) is 18.2 Å². The molecule has 0 saturated carbocycles. The van der Waals surface area contributed by atoms with Gasteiger partial charge in [0.25, 0.3) is 40.5 Å². The number of rotatable bonds is 10. The van der Waals surface area contributed by atoms with E-state index in [9.17, 15) is 62.1 Å². The molecule has 0 aliphatic rings. The van der Waals surface area contributed by atoms with Crippen LogP contribution in [0.15, 0.2) is 137 Å². The Labute approximate surface area is 317 Å². The Morgan fingerprint density at radius 2 is 0.786 bits per heavy atom. The van der Waals surface area contributed by atoms with Crippen molar-refractivity contribution in [2.24, 2.45) is 20.5 Å². The van der Waals surface area contributed by atoms with E-state index in [0.29, 0.717) is 0 Å². The van der Waals surface area contributed by atoms with Gasteiger partial charge in [0, 0.05) is 10.8 Å². The van der Waals surface area contributed by atoms with Gasteiger partial charge in [-0.1, -0.05) is 48.6 Å². The molecular weight excluding hydrogens is 817 g/mol. The highest BCUT2D eigenvalue weighted by Gasteiger charge is 2.19. The number of phenols is 2. The molecule has 56 heavy (non-hydrogen) atoms. The zero-order chi connectivity index (χ0) is 40.8. The quantitative estimate of drug-likeness (QED) is 0.0445. The van der Waals surface area contributed by atoms with Gasteiger partial charge in [0.1, 0.15) is 32.7 Å². The molecule has 0 unspecified atom stereocenters. The number of azo groups is 2. The van der Waals surface area contributed by atoms with Crippen LogP contribution in [0.25, 0.3) is 33.7 Å². The summed E-state index contributed by atoms with van der Waals surface area (Å²) < 4.78 is 134. The van der Waals surface area contributed by atoms with Gasteiger partial charge in [0.15, 0.2) is 0 Å². The number of fused-ring (bicyclic) bond motifs is 2. The van der Waals surface area contributed by atoms with Crippen molar-refractivity contribution in [2.75, 3.05) is 0 Å². The number of hydrogen-bond acceptors (Lipinski definition) is 14. The summed E-state index contributed by atoms with van der Waals surface area (Å²) in [6.07, 6.45) is 2.24. The minimum absolute atomic E-state index is 0.134. The first-order valence-electron chi connectivity index (χ1n) is 15.3. The number of nitrogens with zero attached hydrogens (tertiary/aromatic N) is 4. The Morgan fingerprint density at radius 3 is 1.12 bits per heavy atom. The summed E-state index contributed by atoms with van der Waals surface area (Å²) in [5.74, 6) is -0.748. The normalized spacial score (nSPS) is 13.1. The van der Waals surface area contributed by atoms with Crippen molar-refractivity contribution in [1.82, 2.24) is 0 Å². The van der Waals surface area contributed by atoms with Crippen molar-refractivity contribution in [3.63, 3.8) is 0 Å². The van der Waals surface area contributed by atoms with Gasteiger partial charge in [-0.2, -0.15) is 43.9 Å². The molecular formula is C34H24N4O14S4. The fourth-order valence-corrected chi connectivity index (χ4v) is 7.82. The van der Waals surface area contributed by atoms with E-state index in [0.717, 1.165) is 48.6 Å². The second-order valence-electron chi connectivity index (χ2n) is 11.7. The lowest BCUT2D eigenvalue weighted by molar-refractivity contribution is 0.476. The summed E-state index contributed by atoms with van der Waals surface area (Å²) in [6.45, 7) is 0. The van der Waals surface area contributed by atoms with Crippen molar-refractivity contribution in [2.45, 2.75) is 19.6 Å². The van der Waals surface area contributed by atoms with Crippen LogP contribution in [0.4, 0.5) is 22.7 Å². The molecule has 0 aromatic heterocycles. The molecule has 0 aliphatic carbocycles. The number of benzene rings is 6. The van der Waals surface area contributed by atoms with E-state index in [-0.39, 0.29) is 66.9 Å². The van der Waals surface area contributed by atoms with Crippen LogP contribution in [0.1, 0.15) is 11.1 Å². The van der Waals surface area contributed by atoms with Gasteiger partial charge in [0.05, 0.1) is 21.2 Å². The molecule has 0 heterocycles. The average molecular weight is 841 g/mol. The SMILES string of the molecule is O=S(=O)(O)c1ccc2c(N=Nc3ccc(/C=C/c4ccc(N=Nc5c(O)ccc6cc(S(=O)(=O)O)ccc56)cc4S(=O)(=O)O)c(S(=O)(=O)O)c3)c(O)ccc2c1. The van der Waals surface area contributed by atoms with Crippen LogP contribution in [-0.4, -0.2) is 62.1 Å². The van der Waals surface area contributed by atoms with Crippen molar-refractivity contribution < 1.29 is 62.1 Å². The third-order valence-corrected chi connectivity index (χ3v) is 11.5. The molecule has 0 radical (unpaired) electrons. The van der Waals surface area contributed by atoms with Crippen LogP contribution in [0.2, 0.25) is 0 Å². The summed E-state index contributed by atoms with van der Waals surface area (Å²) in [5, 5.41) is 37.6. The van der Waals surface area contributed by atoms with E-state index in [2.05, 4.69) is 20.5 Å². The van der Waals surface area contributed by atoms with E-state index in [1.807, 2.05) is 0 Å². The fourth-order valence-electron chi connectivity index (χ4n) is 5.38. The Kier molecular flexibility index (Phi) is 10.3. The zero-order valence-electron chi connectivity index (χ0n) is 27.8. The van der Waals surface area contributed by atoms with E-state index in [4.69, 9.17) is 0 Å². The maximum absolute atomic E-state index is 12.4. The third-order valence-electron chi connectivity index (χ3n) is 8.00. The van der Waals surface area contributed by atoms with Crippen molar-refractivity contribution >= 4 is 96.9 Å². The molecule has 6 aromatic carbocycles. The molecule has 0 saturated heterocycles. The van der Waals surface area contributed by atoms with E-state index < -0.39 is 60.1 Å². The second-order valence-corrected chi connectivity index (χ2v) is 17.3. The minimum Gasteiger partial charge on any atom is -0.506 e. The van der Waals surface area contributed by atoms with Crippen LogP contribution in [-0.2, 0) is 40.5 Å². The topological polar surface area (TPSA) is 307 Å². The van der Waals surface area contributed by atoms with Gasteiger partial charge in [0.2, 0.25) is 0 Å². The molecule has 6 N–H and O–H groups in total. The molecule has 0 atom stereocenters. The van der Waals surface area contributed by atoms with Crippen LogP contribution in [0, 0.1) is 0 Å². The molecule has 18 nitrogen and oxygen atoms in total. The lowest BCUT2D eigenvalue weighted by Crippen LogP contribution is -2.01. The molecule has 0 bridgehead atoms. The second kappa shape index (κ2) is 14.6. The van der Waals surface area contributed by atoms with Gasteiger partial charge < -0.3 is 10.2 Å². The predicted molar refractivity (Wildman–Crippen MR) is 201 cm³/mol. The van der Waals surface area contributed by atoms with E-state index in [1.54, 1.807) is 0 Å². The van der Waals surface area contributed by atoms with Crippen molar-refractivity contribution in [3.05, 3.63) is 108 Å². The fraction of sp³-hybridized carbons (Fsp3) is 0. The summed E-state index contributed by atoms with van der Waals surface area (Å²) >= 11 is 0. The monoisotopic (exact) mass is 840 g/mol. The molecule has 0 aliphatic heterocycles. The summed E-state index contributed by atoms with van der Waals surface area (Å²) in [6, 6.07) is 18.9. The number of phenolic OH excluding ortho intramolecular Hbond substituents is 2. The minimum atomic E-state index is -4.95. The molecule has 0 spiro atoms. The van der Waals surface area contributed by atoms with Gasteiger partial charge in [-0.15, -0.1) is 10.2 Å². The lowest BCUT2D eigenvalue weighted by Gasteiger charge is -2.07. The van der Waals surface area contributed by atoms with Crippen LogP contribution < -0.4 is 0 Å². The van der Waals surface area contributed by atoms with Crippen molar-refractivity contribution in [1.29, 1.82) is 0 Å². The Morgan fingerprint density at radius 1 is 0.411 bits per heavy atom. The Balaban J connectivity index is 1.33. The first-order chi connectivity index (χ1) is 26.1. The Hall–Kier alpha value is -5.98. The summed E-state index contributed by atoms with van der Waals surface area (Å²) in [7, 11) is -19.0. The average Bonchev–Trinajstić information content (AvgIpc) is 3.11. The highest BCUT2D eigenvalue weighted by molar-refractivity contribution is 7.86. The zero-order valence-corrected chi connectivity index (χ0v) is 31.0. The van der Waals surface area contributed by atoms with Crippen LogP contribution in [0.5, 0.6) is 11.5 Å². The maximum Gasteiger partial charge on any atom is 0.295 e.